The van der Waals surface area contributed by atoms with Gasteiger partial charge in [0.05, 0.1) is 6.04 Å². The Kier molecular flexibility index (Phi) is 3.37. The molecule has 3 rings (SSSR count). The van der Waals surface area contributed by atoms with Crippen molar-refractivity contribution in [1.29, 1.82) is 0 Å². The molecule has 0 unspecified atom stereocenters. The summed E-state index contributed by atoms with van der Waals surface area (Å²) in [6.45, 7) is 3.54. The Bertz CT molecular complexity index is 424. The lowest BCUT2D eigenvalue weighted by atomic mass is 9.98. The minimum Gasteiger partial charge on any atom is -0.365 e. The number of likely N-dealkylation sites (N-methyl/N-ethyl adjacent to an activating group) is 1. The van der Waals surface area contributed by atoms with Crippen LogP contribution in [0, 0.1) is 0 Å². The Balaban J connectivity index is 1.80. The highest BCUT2D eigenvalue weighted by molar-refractivity contribution is 5.50. The van der Waals surface area contributed by atoms with Crippen molar-refractivity contribution in [3.8, 4) is 0 Å². The van der Waals surface area contributed by atoms with E-state index < -0.39 is 0 Å². The number of hydrogen-bond acceptors (Lipinski definition) is 2. The number of rotatable bonds is 2. The van der Waals surface area contributed by atoms with E-state index in [4.69, 9.17) is 0 Å². The summed E-state index contributed by atoms with van der Waals surface area (Å²) in [7, 11) is 2.21. The van der Waals surface area contributed by atoms with Crippen LogP contribution in [0.15, 0.2) is 42.0 Å². The molecule has 0 radical (unpaired) electrons. The first-order valence-electron chi connectivity index (χ1n) is 7.04. The molecule has 1 aromatic rings. The van der Waals surface area contributed by atoms with Gasteiger partial charge in [0.1, 0.15) is 0 Å². The molecule has 2 heteroatoms. The SMILES string of the molecule is CN1CC=C([C@@H]2CCCN2c2ccccc2)CC1. The van der Waals surface area contributed by atoms with Crippen molar-refractivity contribution in [1.82, 2.24) is 4.90 Å². The zero-order valence-corrected chi connectivity index (χ0v) is 11.2. The summed E-state index contributed by atoms with van der Waals surface area (Å²) < 4.78 is 0. The Morgan fingerprint density at radius 3 is 2.67 bits per heavy atom. The van der Waals surface area contributed by atoms with E-state index in [9.17, 15) is 0 Å². The fourth-order valence-electron chi connectivity index (χ4n) is 3.17. The smallest absolute Gasteiger partial charge is 0.0503 e. The van der Waals surface area contributed by atoms with Gasteiger partial charge in [-0.3, -0.25) is 0 Å². The molecule has 2 aliphatic heterocycles. The van der Waals surface area contributed by atoms with Gasteiger partial charge >= 0.3 is 0 Å². The summed E-state index contributed by atoms with van der Waals surface area (Å²) in [6.07, 6.45) is 6.34. The molecular weight excluding hydrogens is 220 g/mol. The van der Waals surface area contributed by atoms with Gasteiger partial charge in [-0.05, 0) is 44.0 Å². The van der Waals surface area contributed by atoms with Gasteiger partial charge in [-0.25, -0.2) is 0 Å². The first kappa shape index (κ1) is 11.8. The number of anilines is 1. The molecule has 2 nitrogen and oxygen atoms in total. The van der Waals surface area contributed by atoms with Crippen LogP contribution in [0.2, 0.25) is 0 Å². The van der Waals surface area contributed by atoms with E-state index >= 15 is 0 Å². The van der Waals surface area contributed by atoms with Gasteiger partial charge in [0, 0.05) is 25.3 Å². The van der Waals surface area contributed by atoms with Gasteiger partial charge in [-0.1, -0.05) is 24.3 Å². The first-order valence-corrected chi connectivity index (χ1v) is 7.04. The molecule has 0 amide bonds. The largest absolute Gasteiger partial charge is 0.365 e. The third-order valence-corrected chi connectivity index (χ3v) is 4.22. The Morgan fingerprint density at radius 1 is 1.11 bits per heavy atom. The monoisotopic (exact) mass is 242 g/mol. The van der Waals surface area contributed by atoms with E-state index in [1.807, 2.05) is 0 Å². The van der Waals surface area contributed by atoms with Crippen LogP contribution >= 0.6 is 0 Å². The van der Waals surface area contributed by atoms with E-state index in [0.29, 0.717) is 6.04 Å². The van der Waals surface area contributed by atoms with E-state index in [0.717, 1.165) is 6.54 Å². The lowest BCUT2D eigenvalue weighted by Gasteiger charge is -2.32. The molecule has 1 saturated heterocycles. The molecular formula is C16H22N2. The molecule has 18 heavy (non-hydrogen) atoms. The zero-order chi connectivity index (χ0) is 12.4. The average molecular weight is 242 g/mol. The lowest BCUT2D eigenvalue weighted by molar-refractivity contribution is 0.353. The summed E-state index contributed by atoms with van der Waals surface area (Å²) in [5.74, 6) is 0. The fourth-order valence-corrected chi connectivity index (χ4v) is 3.17. The molecule has 96 valence electrons. The maximum atomic E-state index is 2.59. The van der Waals surface area contributed by atoms with Crippen LogP contribution in [0.4, 0.5) is 5.69 Å². The molecule has 0 spiro atoms. The van der Waals surface area contributed by atoms with Crippen LogP contribution in [-0.4, -0.2) is 37.6 Å². The summed E-state index contributed by atoms with van der Waals surface area (Å²) in [5, 5.41) is 0. The maximum absolute atomic E-state index is 2.59. The number of nitrogens with zero attached hydrogens (tertiary/aromatic N) is 2. The van der Waals surface area contributed by atoms with Crippen molar-refractivity contribution in [2.75, 3.05) is 31.6 Å². The van der Waals surface area contributed by atoms with Crippen LogP contribution < -0.4 is 4.90 Å². The van der Waals surface area contributed by atoms with Crippen LogP contribution in [0.5, 0.6) is 0 Å². The van der Waals surface area contributed by atoms with Crippen molar-refractivity contribution in [3.63, 3.8) is 0 Å². The second-order valence-electron chi connectivity index (χ2n) is 5.48. The summed E-state index contributed by atoms with van der Waals surface area (Å²) in [5.41, 5.74) is 3.05. The molecule has 2 aliphatic rings. The zero-order valence-electron chi connectivity index (χ0n) is 11.2. The van der Waals surface area contributed by atoms with Gasteiger partial charge in [0.2, 0.25) is 0 Å². The van der Waals surface area contributed by atoms with E-state index in [1.54, 1.807) is 5.57 Å². The summed E-state index contributed by atoms with van der Waals surface area (Å²) >= 11 is 0. The second kappa shape index (κ2) is 5.15. The molecule has 0 bridgehead atoms. The molecule has 0 aliphatic carbocycles. The summed E-state index contributed by atoms with van der Waals surface area (Å²) in [4.78, 5) is 4.99. The molecule has 0 aromatic heterocycles. The van der Waals surface area contributed by atoms with Gasteiger partial charge < -0.3 is 9.80 Å². The third kappa shape index (κ3) is 2.30. The van der Waals surface area contributed by atoms with Gasteiger partial charge in [0.15, 0.2) is 0 Å². The van der Waals surface area contributed by atoms with Gasteiger partial charge in [0.25, 0.3) is 0 Å². The second-order valence-corrected chi connectivity index (χ2v) is 5.48. The predicted octanol–water partition coefficient (Wildman–Crippen LogP) is 2.92. The van der Waals surface area contributed by atoms with Crippen LogP contribution in [-0.2, 0) is 0 Å². The van der Waals surface area contributed by atoms with Crippen molar-refractivity contribution >= 4 is 5.69 Å². The Morgan fingerprint density at radius 2 is 1.94 bits per heavy atom. The van der Waals surface area contributed by atoms with Crippen molar-refractivity contribution in [2.45, 2.75) is 25.3 Å². The van der Waals surface area contributed by atoms with E-state index in [2.05, 4.69) is 53.3 Å². The molecule has 0 saturated carbocycles. The minimum absolute atomic E-state index is 0.654. The molecule has 1 atom stereocenters. The van der Waals surface area contributed by atoms with Gasteiger partial charge in [-0.15, -0.1) is 0 Å². The molecule has 1 aromatic carbocycles. The molecule has 2 heterocycles. The van der Waals surface area contributed by atoms with Crippen molar-refractivity contribution < 1.29 is 0 Å². The minimum atomic E-state index is 0.654. The van der Waals surface area contributed by atoms with Crippen LogP contribution in [0.1, 0.15) is 19.3 Å². The first-order chi connectivity index (χ1) is 8.84. The number of hydrogen-bond donors (Lipinski definition) is 0. The number of para-hydroxylation sites is 1. The van der Waals surface area contributed by atoms with Crippen molar-refractivity contribution in [2.24, 2.45) is 0 Å². The quantitative estimate of drug-likeness (QED) is 0.736. The van der Waals surface area contributed by atoms with Gasteiger partial charge in [-0.2, -0.15) is 0 Å². The van der Waals surface area contributed by atoms with E-state index in [1.165, 1.54) is 38.0 Å². The highest BCUT2D eigenvalue weighted by atomic mass is 15.2. The Hall–Kier alpha value is -1.28. The molecule has 0 N–H and O–H groups in total. The predicted molar refractivity (Wildman–Crippen MR) is 77.0 cm³/mol. The fraction of sp³-hybridized carbons (Fsp3) is 0.500. The average Bonchev–Trinajstić information content (AvgIpc) is 2.90. The third-order valence-electron chi connectivity index (χ3n) is 4.22. The normalized spacial score (nSPS) is 25.3. The van der Waals surface area contributed by atoms with E-state index in [-0.39, 0.29) is 0 Å². The lowest BCUT2D eigenvalue weighted by Crippen LogP contribution is -2.35. The highest BCUT2D eigenvalue weighted by Gasteiger charge is 2.28. The topological polar surface area (TPSA) is 6.48 Å². The Labute approximate surface area is 110 Å². The molecule has 1 fully saturated rings. The summed E-state index contributed by atoms with van der Waals surface area (Å²) in [6, 6.07) is 11.5. The standard InChI is InChI=1S/C16H22N2/c1-17-12-9-14(10-13-17)16-8-5-11-18(16)15-6-3-2-4-7-15/h2-4,6-7,9,16H,5,8,10-13H2,1H3/t16-/m0/s1. The van der Waals surface area contributed by atoms with Crippen LogP contribution in [0.3, 0.4) is 0 Å². The number of benzene rings is 1. The highest BCUT2D eigenvalue weighted by Crippen LogP contribution is 2.31. The maximum Gasteiger partial charge on any atom is 0.0503 e. The van der Waals surface area contributed by atoms with Crippen molar-refractivity contribution in [3.05, 3.63) is 42.0 Å². The van der Waals surface area contributed by atoms with Crippen LogP contribution in [0.25, 0.3) is 0 Å².